The second-order valence-electron chi connectivity index (χ2n) is 4.24. The Balaban J connectivity index is 2.14. The third kappa shape index (κ3) is 2.67. The van der Waals surface area contributed by atoms with E-state index in [0.717, 1.165) is 19.3 Å². The van der Waals surface area contributed by atoms with Gasteiger partial charge in [0.05, 0.1) is 0 Å². The number of anilines is 1. The number of nitrogens with two attached hydrogens (primary N) is 1. The van der Waals surface area contributed by atoms with Crippen LogP contribution in [0.25, 0.3) is 5.65 Å². The van der Waals surface area contributed by atoms with Crippen LogP contribution in [-0.2, 0) is 0 Å². The Morgan fingerprint density at radius 2 is 2.39 bits per heavy atom. The number of hydrogen-bond donors (Lipinski definition) is 3. The first kappa shape index (κ1) is 12.6. The monoisotopic (exact) mass is 250 g/mol. The fraction of sp³-hybridized carbons (Fsp3) is 0.545. The highest BCUT2D eigenvalue weighted by Crippen LogP contribution is 2.08. The third-order valence-electron chi connectivity index (χ3n) is 2.82. The van der Waals surface area contributed by atoms with Crippen molar-refractivity contribution < 1.29 is 0 Å². The summed E-state index contributed by atoms with van der Waals surface area (Å²) in [5, 5.41) is 13.6. The van der Waals surface area contributed by atoms with E-state index in [4.69, 9.17) is 5.73 Å². The van der Waals surface area contributed by atoms with E-state index in [9.17, 15) is 4.79 Å². The zero-order valence-electron chi connectivity index (χ0n) is 10.4. The SMILES string of the molecule is CCCCC(CN)Nc1ccc2n[nH]c(=O)n2n1. The molecule has 2 heterocycles. The third-order valence-corrected chi connectivity index (χ3v) is 2.82. The topological polar surface area (TPSA) is 101 Å². The molecule has 0 aliphatic rings. The highest BCUT2D eigenvalue weighted by atomic mass is 16.2. The summed E-state index contributed by atoms with van der Waals surface area (Å²) in [6.45, 7) is 2.68. The molecule has 0 fully saturated rings. The first-order valence-electron chi connectivity index (χ1n) is 6.15. The van der Waals surface area contributed by atoms with Gasteiger partial charge in [0.2, 0.25) is 0 Å². The molecule has 0 aliphatic carbocycles. The normalized spacial score (nSPS) is 12.8. The standard InChI is InChI=1S/C11H18N6O/c1-2-3-4-8(7-12)13-9-5-6-10-14-15-11(18)17(10)16-9/h5-6,8H,2-4,7,12H2,1H3,(H,13,16)(H,15,18). The van der Waals surface area contributed by atoms with Crippen molar-refractivity contribution in [3.63, 3.8) is 0 Å². The summed E-state index contributed by atoms with van der Waals surface area (Å²) in [5.41, 5.74) is 5.87. The second-order valence-corrected chi connectivity index (χ2v) is 4.24. The highest BCUT2D eigenvalue weighted by molar-refractivity contribution is 5.43. The van der Waals surface area contributed by atoms with E-state index in [2.05, 4.69) is 27.5 Å². The minimum atomic E-state index is -0.341. The Hall–Kier alpha value is -1.89. The van der Waals surface area contributed by atoms with Crippen LogP contribution < -0.4 is 16.7 Å². The predicted molar refractivity (Wildman–Crippen MR) is 69.6 cm³/mol. The highest BCUT2D eigenvalue weighted by Gasteiger charge is 2.08. The molecule has 4 N–H and O–H groups in total. The molecule has 2 aromatic heterocycles. The number of H-pyrrole nitrogens is 1. The van der Waals surface area contributed by atoms with Crippen LogP contribution in [0.5, 0.6) is 0 Å². The number of fused-ring (bicyclic) bond motifs is 1. The van der Waals surface area contributed by atoms with Crippen LogP contribution in [-0.4, -0.2) is 32.4 Å². The molecule has 0 spiro atoms. The average molecular weight is 250 g/mol. The van der Waals surface area contributed by atoms with Gasteiger partial charge in [0, 0.05) is 12.6 Å². The maximum absolute atomic E-state index is 11.4. The zero-order valence-corrected chi connectivity index (χ0v) is 10.4. The first-order chi connectivity index (χ1) is 8.74. The number of hydrogen-bond acceptors (Lipinski definition) is 5. The Kier molecular flexibility index (Phi) is 3.93. The van der Waals surface area contributed by atoms with E-state index in [1.54, 1.807) is 12.1 Å². The summed E-state index contributed by atoms with van der Waals surface area (Å²) >= 11 is 0. The van der Waals surface area contributed by atoms with Crippen molar-refractivity contribution in [1.82, 2.24) is 19.8 Å². The lowest BCUT2D eigenvalue weighted by Gasteiger charge is -2.16. The molecule has 0 saturated heterocycles. The Morgan fingerprint density at radius 1 is 1.56 bits per heavy atom. The lowest BCUT2D eigenvalue weighted by atomic mass is 10.1. The molecule has 0 amide bonds. The van der Waals surface area contributed by atoms with Gasteiger partial charge in [-0.15, -0.1) is 5.10 Å². The maximum atomic E-state index is 11.4. The molecule has 2 rings (SSSR count). The number of nitrogens with one attached hydrogen (secondary N) is 2. The van der Waals surface area contributed by atoms with Gasteiger partial charge in [-0.1, -0.05) is 19.8 Å². The van der Waals surface area contributed by atoms with E-state index in [0.29, 0.717) is 18.0 Å². The van der Waals surface area contributed by atoms with Gasteiger partial charge in [-0.2, -0.15) is 9.61 Å². The van der Waals surface area contributed by atoms with Gasteiger partial charge in [0.25, 0.3) is 0 Å². The van der Waals surface area contributed by atoms with Gasteiger partial charge in [-0.3, -0.25) is 0 Å². The number of aromatic nitrogens is 4. The number of nitrogens with zero attached hydrogens (tertiary/aromatic N) is 3. The van der Waals surface area contributed by atoms with Gasteiger partial charge in [-0.05, 0) is 18.6 Å². The van der Waals surface area contributed by atoms with Crippen molar-refractivity contribution in [3.05, 3.63) is 22.6 Å². The van der Waals surface area contributed by atoms with Crippen molar-refractivity contribution in [2.45, 2.75) is 32.2 Å². The van der Waals surface area contributed by atoms with E-state index in [-0.39, 0.29) is 11.7 Å². The van der Waals surface area contributed by atoms with Crippen LogP contribution in [0, 0.1) is 0 Å². The molecule has 0 saturated carbocycles. The summed E-state index contributed by atoms with van der Waals surface area (Å²) in [4.78, 5) is 11.4. The van der Waals surface area contributed by atoms with Crippen LogP contribution in [0.4, 0.5) is 5.82 Å². The lowest BCUT2D eigenvalue weighted by Crippen LogP contribution is -2.29. The molecule has 18 heavy (non-hydrogen) atoms. The molecule has 1 atom stereocenters. The summed E-state index contributed by atoms with van der Waals surface area (Å²) in [6.07, 6.45) is 3.24. The van der Waals surface area contributed by atoms with Crippen molar-refractivity contribution in [1.29, 1.82) is 0 Å². The van der Waals surface area contributed by atoms with Crippen LogP contribution in [0.2, 0.25) is 0 Å². The largest absolute Gasteiger partial charge is 0.365 e. The van der Waals surface area contributed by atoms with Crippen LogP contribution in [0.3, 0.4) is 0 Å². The number of unbranched alkanes of at least 4 members (excludes halogenated alkanes) is 1. The van der Waals surface area contributed by atoms with Crippen LogP contribution in [0.1, 0.15) is 26.2 Å². The van der Waals surface area contributed by atoms with E-state index in [1.165, 1.54) is 4.52 Å². The van der Waals surface area contributed by atoms with Crippen LogP contribution in [0.15, 0.2) is 16.9 Å². The van der Waals surface area contributed by atoms with Gasteiger partial charge < -0.3 is 11.1 Å². The summed E-state index contributed by atoms with van der Waals surface area (Å²) in [7, 11) is 0. The van der Waals surface area contributed by atoms with Crippen molar-refractivity contribution in [3.8, 4) is 0 Å². The second kappa shape index (κ2) is 5.63. The molecule has 2 aromatic rings. The Labute approximate surface area is 104 Å². The fourth-order valence-electron chi connectivity index (χ4n) is 1.79. The summed E-state index contributed by atoms with van der Waals surface area (Å²) in [5.74, 6) is 0.637. The molecule has 0 radical (unpaired) electrons. The average Bonchev–Trinajstić information content (AvgIpc) is 2.76. The molecular weight excluding hydrogens is 232 g/mol. The van der Waals surface area contributed by atoms with Crippen molar-refractivity contribution in [2.75, 3.05) is 11.9 Å². The molecule has 0 aromatic carbocycles. The Morgan fingerprint density at radius 3 is 3.11 bits per heavy atom. The van der Waals surface area contributed by atoms with Crippen molar-refractivity contribution >= 4 is 11.5 Å². The minimum Gasteiger partial charge on any atom is -0.365 e. The molecule has 7 nitrogen and oxygen atoms in total. The van der Waals surface area contributed by atoms with Gasteiger partial charge in [0.1, 0.15) is 5.82 Å². The van der Waals surface area contributed by atoms with Crippen molar-refractivity contribution in [2.24, 2.45) is 5.73 Å². The van der Waals surface area contributed by atoms with Gasteiger partial charge >= 0.3 is 5.69 Å². The number of rotatable bonds is 6. The zero-order chi connectivity index (χ0) is 13.0. The molecule has 7 heteroatoms. The van der Waals surface area contributed by atoms with Crippen LogP contribution >= 0.6 is 0 Å². The number of aromatic amines is 1. The molecule has 0 aliphatic heterocycles. The van der Waals surface area contributed by atoms with E-state index in [1.807, 2.05) is 0 Å². The van der Waals surface area contributed by atoms with Gasteiger partial charge in [0.15, 0.2) is 5.65 Å². The fourth-order valence-corrected chi connectivity index (χ4v) is 1.79. The molecule has 98 valence electrons. The van der Waals surface area contributed by atoms with E-state index >= 15 is 0 Å². The smallest absolute Gasteiger partial charge is 0.364 e. The first-order valence-corrected chi connectivity index (χ1v) is 6.15. The lowest BCUT2D eigenvalue weighted by molar-refractivity contribution is 0.610. The molecular formula is C11H18N6O. The summed E-state index contributed by atoms with van der Waals surface area (Å²) < 4.78 is 1.23. The maximum Gasteiger partial charge on any atom is 0.364 e. The summed E-state index contributed by atoms with van der Waals surface area (Å²) in [6, 6.07) is 3.71. The molecule has 1 unspecified atom stereocenters. The minimum absolute atomic E-state index is 0.178. The predicted octanol–water partition coefficient (Wildman–Crippen LogP) is 0.347. The van der Waals surface area contributed by atoms with E-state index < -0.39 is 0 Å². The Bertz CT molecular complexity index is 560. The molecule has 0 bridgehead atoms. The quantitative estimate of drug-likeness (QED) is 0.686. The van der Waals surface area contributed by atoms with Gasteiger partial charge in [-0.25, -0.2) is 9.89 Å².